The zero-order valence-corrected chi connectivity index (χ0v) is 45.4. The molecule has 4 aliphatic carbocycles. The van der Waals surface area contributed by atoms with E-state index in [1.807, 2.05) is 0 Å². The topological polar surface area (TPSA) is 22.9 Å². The summed E-state index contributed by atoms with van der Waals surface area (Å²) in [5.74, 6) is 0.932. The number of hydrogen-bond donors (Lipinski definition) is 0. The van der Waals surface area contributed by atoms with Crippen molar-refractivity contribution < 1.29 is 4.42 Å². The van der Waals surface area contributed by atoms with E-state index >= 15 is 0 Å². The first-order chi connectivity index (χ1) is 34.6. The van der Waals surface area contributed by atoms with Crippen LogP contribution in [0.5, 0.6) is 0 Å². The molecule has 2 aliphatic heterocycles. The first kappa shape index (κ1) is 46.3. The van der Waals surface area contributed by atoms with Crippen molar-refractivity contribution in [3.05, 3.63) is 179 Å². The monoisotopic (exact) mass is 958 g/mol. The Morgan fingerprint density at radius 1 is 0.452 bits per heavy atom. The fraction of sp³-hybridized carbons (Fsp3) is 0.353. The molecule has 0 amide bonds. The maximum absolute atomic E-state index is 7.69. The van der Waals surface area contributed by atoms with Gasteiger partial charge in [0, 0.05) is 50.7 Å². The fourth-order valence-electron chi connectivity index (χ4n) is 14.0. The molecular formula is C68H72BN3O. The summed E-state index contributed by atoms with van der Waals surface area (Å²) < 4.78 is 7.69. The highest BCUT2D eigenvalue weighted by molar-refractivity contribution is 7.01. The molecule has 1 fully saturated rings. The van der Waals surface area contributed by atoms with Crippen LogP contribution in [0.2, 0.25) is 0 Å². The third-order valence-corrected chi connectivity index (χ3v) is 18.8. The molecule has 1 aromatic heterocycles. The molecular weight excluding hydrogens is 886 g/mol. The molecule has 5 heteroatoms. The van der Waals surface area contributed by atoms with Crippen molar-refractivity contribution in [2.75, 3.05) is 14.7 Å². The summed E-state index contributed by atoms with van der Waals surface area (Å²) in [6, 6.07) is 56.1. The van der Waals surface area contributed by atoms with Crippen LogP contribution >= 0.6 is 0 Å². The third-order valence-electron chi connectivity index (χ3n) is 18.8. The van der Waals surface area contributed by atoms with E-state index in [2.05, 4.69) is 243 Å². The Kier molecular flexibility index (Phi) is 9.87. The van der Waals surface area contributed by atoms with Crippen molar-refractivity contribution in [3.63, 3.8) is 0 Å². The molecule has 0 N–H and O–H groups in total. The molecule has 1 saturated carbocycles. The van der Waals surface area contributed by atoms with Gasteiger partial charge in [-0.2, -0.15) is 0 Å². The Bertz CT molecular complexity index is 3470. The highest BCUT2D eigenvalue weighted by Gasteiger charge is 2.52. The number of anilines is 9. The standard InChI is InChI=1S/C68H72BN3O/c1-63(2,3)43-23-27-47(28-24-43)71-56-41-52-51(65(7,8)31-32-66(52,9)10)40-55(56)69-60-50-39-53-54(68(12)35-33-67(53,11)34-36-68)42-59(50)73-62(60)72(48-29-25-44(26-30-48)64(4,5)6)58-38-49(37-57(71)61(58)69)70(45-19-15-13-16-20-45)46-21-17-14-18-22-46/h13-30,37-42H,31-36H2,1-12H3. The zero-order valence-electron chi connectivity index (χ0n) is 45.4. The lowest BCUT2D eigenvalue weighted by atomic mass is 9.33. The number of furan rings is 1. The van der Waals surface area contributed by atoms with Gasteiger partial charge in [0.05, 0.1) is 5.69 Å². The minimum Gasteiger partial charge on any atom is -0.440 e. The third kappa shape index (κ3) is 6.99. The first-order valence-electron chi connectivity index (χ1n) is 27.3. The molecule has 6 aliphatic rings. The van der Waals surface area contributed by atoms with Gasteiger partial charge in [-0.05, 0) is 194 Å². The van der Waals surface area contributed by atoms with E-state index in [9.17, 15) is 0 Å². The Hall–Kier alpha value is -6.46. The predicted octanol–water partition coefficient (Wildman–Crippen LogP) is 17.0. The molecule has 0 unspecified atom stereocenters. The predicted molar refractivity (Wildman–Crippen MR) is 311 cm³/mol. The Morgan fingerprint density at radius 2 is 0.918 bits per heavy atom. The zero-order chi connectivity index (χ0) is 50.8. The summed E-state index contributed by atoms with van der Waals surface area (Å²) >= 11 is 0. The summed E-state index contributed by atoms with van der Waals surface area (Å²) in [5, 5.41) is 1.26. The van der Waals surface area contributed by atoms with E-state index in [0.29, 0.717) is 0 Å². The van der Waals surface area contributed by atoms with Crippen molar-refractivity contribution in [2.45, 2.75) is 154 Å². The van der Waals surface area contributed by atoms with Crippen molar-refractivity contribution in [2.24, 2.45) is 0 Å². The molecule has 0 spiro atoms. The molecule has 0 atom stereocenters. The smallest absolute Gasteiger partial charge is 0.257 e. The van der Waals surface area contributed by atoms with Crippen LogP contribution in [0, 0.1) is 0 Å². The van der Waals surface area contributed by atoms with Gasteiger partial charge in [-0.1, -0.05) is 150 Å². The Balaban J connectivity index is 1.19. The van der Waals surface area contributed by atoms with Gasteiger partial charge in [-0.25, -0.2) is 0 Å². The second-order valence-corrected chi connectivity index (χ2v) is 26.7. The van der Waals surface area contributed by atoms with E-state index in [-0.39, 0.29) is 39.2 Å². The van der Waals surface area contributed by atoms with Gasteiger partial charge < -0.3 is 14.2 Å². The number of fused-ring (bicyclic) bond motifs is 9. The quantitative estimate of drug-likeness (QED) is 0.160. The maximum atomic E-state index is 7.69. The van der Waals surface area contributed by atoms with E-state index in [4.69, 9.17) is 4.42 Å². The molecule has 2 bridgehead atoms. The highest BCUT2D eigenvalue weighted by Crippen LogP contribution is 2.58. The van der Waals surface area contributed by atoms with E-state index in [1.54, 1.807) is 0 Å². The van der Waals surface area contributed by atoms with Gasteiger partial charge >= 0.3 is 0 Å². The van der Waals surface area contributed by atoms with E-state index < -0.39 is 0 Å². The average Bonchev–Trinajstić information content (AvgIpc) is 3.74. The van der Waals surface area contributed by atoms with Gasteiger partial charge in [0.1, 0.15) is 5.58 Å². The lowest BCUT2D eigenvalue weighted by Gasteiger charge is -2.52. The van der Waals surface area contributed by atoms with Crippen LogP contribution in [-0.4, -0.2) is 6.71 Å². The van der Waals surface area contributed by atoms with Crippen LogP contribution in [0.15, 0.2) is 150 Å². The van der Waals surface area contributed by atoms with Crippen molar-refractivity contribution in [3.8, 4) is 0 Å². The van der Waals surface area contributed by atoms with Crippen molar-refractivity contribution >= 4 is 85.5 Å². The molecule has 73 heavy (non-hydrogen) atoms. The summed E-state index contributed by atoms with van der Waals surface area (Å²) in [4.78, 5) is 7.59. The average molecular weight is 958 g/mol. The second kappa shape index (κ2) is 15.5. The molecule has 4 nitrogen and oxygen atoms in total. The molecule has 0 radical (unpaired) electrons. The Morgan fingerprint density at radius 3 is 1.42 bits per heavy atom. The number of nitrogens with zero attached hydrogens (tertiary/aromatic N) is 3. The highest BCUT2D eigenvalue weighted by atomic mass is 16.4. The summed E-state index contributed by atoms with van der Waals surface area (Å²) in [6.07, 6.45) is 7.21. The van der Waals surface area contributed by atoms with E-state index in [1.165, 1.54) is 97.9 Å². The molecule has 0 saturated heterocycles. The van der Waals surface area contributed by atoms with Crippen LogP contribution in [0.1, 0.15) is 155 Å². The first-order valence-corrected chi connectivity index (χ1v) is 27.3. The fourth-order valence-corrected chi connectivity index (χ4v) is 14.0. The molecule has 368 valence electrons. The number of rotatable bonds is 5. The van der Waals surface area contributed by atoms with Gasteiger partial charge in [-0.15, -0.1) is 0 Å². The van der Waals surface area contributed by atoms with Crippen molar-refractivity contribution in [1.29, 1.82) is 0 Å². The SMILES string of the molecule is CC(C)(C)c1ccc(N2c3cc4c(cc3B3c5c2cc(N(c2ccccc2)c2ccccc2)cc5N(c2ccc(C(C)(C)C)cc2)c2oc5cc6c(cc5c23)C2(C)CCC6(C)CC2)C(C)(C)CCC4(C)C)cc1. The van der Waals surface area contributed by atoms with Gasteiger partial charge in [0.2, 0.25) is 5.88 Å². The summed E-state index contributed by atoms with van der Waals surface area (Å²) in [7, 11) is 0. The minimum absolute atomic E-state index is 0.000129. The lowest BCUT2D eigenvalue weighted by Crippen LogP contribution is -2.61. The molecule has 14 rings (SSSR count). The number of para-hydroxylation sites is 2. The van der Waals surface area contributed by atoms with Crippen LogP contribution < -0.4 is 31.1 Å². The van der Waals surface area contributed by atoms with E-state index in [0.717, 1.165) is 52.7 Å². The molecule has 8 aromatic rings. The van der Waals surface area contributed by atoms with Crippen LogP contribution in [0.3, 0.4) is 0 Å². The van der Waals surface area contributed by atoms with Crippen LogP contribution in [-0.2, 0) is 32.5 Å². The van der Waals surface area contributed by atoms with Gasteiger partial charge in [0.15, 0.2) is 0 Å². The molecule has 3 heterocycles. The summed E-state index contributed by atoms with van der Waals surface area (Å²) in [6.45, 7) is 28.8. The van der Waals surface area contributed by atoms with Gasteiger partial charge in [-0.3, -0.25) is 4.90 Å². The minimum atomic E-state index is -0.101. The lowest BCUT2D eigenvalue weighted by molar-refractivity contribution is 0.188. The maximum Gasteiger partial charge on any atom is 0.257 e. The van der Waals surface area contributed by atoms with Crippen molar-refractivity contribution in [1.82, 2.24) is 0 Å². The second-order valence-electron chi connectivity index (χ2n) is 26.7. The molecule has 7 aromatic carbocycles. The van der Waals surface area contributed by atoms with Crippen LogP contribution in [0.4, 0.5) is 51.4 Å². The van der Waals surface area contributed by atoms with Crippen LogP contribution in [0.25, 0.3) is 11.0 Å². The largest absolute Gasteiger partial charge is 0.440 e. The number of benzene rings is 7. The van der Waals surface area contributed by atoms with Gasteiger partial charge in [0.25, 0.3) is 6.71 Å². The summed E-state index contributed by atoms with van der Waals surface area (Å²) in [5.41, 5.74) is 23.1. The Labute approximate surface area is 435 Å². The normalized spacial score (nSPS) is 21.1. The number of hydrogen-bond acceptors (Lipinski definition) is 4.